The van der Waals surface area contributed by atoms with Gasteiger partial charge < -0.3 is 20.1 Å². The molecule has 0 saturated carbocycles. The van der Waals surface area contributed by atoms with E-state index in [1.54, 1.807) is 7.11 Å². The van der Waals surface area contributed by atoms with E-state index in [4.69, 9.17) is 9.47 Å². The van der Waals surface area contributed by atoms with Crippen LogP contribution in [0.2, 0.25) is 0 Å². The predicted molar refractivity (Wildman–Crippen MR) is 89.7 cm³/mol. The Bertz CT molecular complexity index is 544. The first-order chi connectivity index (χ1) is 11.7. The van der Waals surface area contributed by atoms with Gasteiger partial charge in [0.05, 0.1) is 20.3 Å². The average Bonchev–Trinajstić information content (AvgIpc) is 2.64. The van der Waals surface area contributed by atoms with Gasteiger partial charge in [0.2, 0.25) is 0 Å². The van der Waals surface area contributed by atoms with Crippen LogP contribution in [0.5, 0.6) is 5.75 Å². The van der Waals surface area contributed by atoms with Gasteiger partial charge >= 0.3 is 11.8 Å². The van der Waals surface area contributed by atoms with Gasteiger partial charge in [-0.1, -0.05) is 12.1 Å². The quantitative estimate of drug-likeness (QED) is 0.548. The molecular formula is C17H25N3O4. The molecule has 2 N–H and O–H groups in total. The van der Waals surface area contributed by atoms with Crippen molar-refractivity contribution in [1.82, 2.24) is 15.5 Å². The van der Waals surface area contributed by atoms with Crippen LogP contribution in [-0.4, -0.2) is 63.2 Å². The summed E-state index contributed by atoms with van der Waals surface area (Å²) in [7, 11) is 1.59. The second kappa shape index (κ2) is 9.89. The van der Waals surface area contributed by atoms with Gasteiger partial charge in [0.15, 0.2) is 0 Å². The lowest BCUT2D eigenvalue weighted by molar-refractivity contribution is -0.139. The van der Waals surface area contributed by atoms with E-state index in [0.29, 0.717) is 12.3 Å². The Hall–Kier alpha value is -2.12. The number of carbonyl (C=O) groups excluding carboxylic acids is 2. The zero-order valence-electron chi connectivity index (χ0n) is 14.0. The van der Waals surface area contributed by atoms with Gasteiger partial charge in [-0.2, -0.15) is 0 Å². The van der Waals surface area contributed by atoms with E-state index in [0.717, 1.165) is 44.8 Å². The molecule has 24 heavy (non-hydrogen) atoms. The number of hydrogen-bond donors (Lipinski definition) is 2. The first-order valence-electron chi connectivity index (χ1n) is 8.18. The highest BCUT2D eigenvalue weighted by Crippen LogP contribution is 2.11. The number of hydrogen-bond acceptors (Lipinski definition) is 5. The fourth-order valence-electron chi connectivity index (χ4n) is 2.45. The van der Waals surface area contributed by atoms with E-state index >= 15 is 0 Å². The minimum Gasteiger partial charge on any atom is -0.497 e. The van der Waals surface area contributed by atoms with Crippen LogP contribution in [0, 0.1) is 0 Å². The zero-order chi connectivity index (χ0) is 17.2. The van der Waals surface area contributed by atoms with E-state index in [9.17, 15) is 9.59 Å². The molecule has 1 fully saturated rings. The van der Waals surface area contributed by atoms with E-state index < -0.39 is 11.8 Å². The number of amides is 2. The Kier molecular flexibility index (Phi) is 7.51. The molecule has 1 heterocycles. The highest BCUT2D eigenvalue weighted by atomic mass is 16.5. The zero-order valence-corrected chi connectivity index (χ0v) is 14.0. The number of methoxy groups -OCH3 is 1. The molecule has 132 valence electrons. The summed E-state index contributed by atoms with van der Waals surface area (Å²) < 4.78 is 10.4. The molecule has 0 atom stereocenters. The highest BCUT2D eigenvalue weighted by Gasteiger charge is 2.13. The summed E-state index contributed by atoms with van der Waals surface area (Å²) in [6.45, 7) is 5.05. The second-order valence-electron chi connectivity index (χ2n) is 5.60. The molecule has 0 unspecified atom stereocenters. The van der Waals surface area contributed by atoms with E-state index in [1.165, 1.54) is 0 Å². The number of morpholine rings is 1. The maximum absolute atomic E-state index is 11.8. The third-order valence-corrected chi connectivity index (χ3v) is 3.83. The van der Waals surface area contributed by atoms with Crippen molar-refractivity contribution in [3.8, 4) is 5.75 Å². The van der Waals surface area contributed by atoms with Gasteiger partial charge in [-0.25, -0.2) is 0 Å². The van der Waals surface area contributed by atoms with Gasteiger partial charge in [0.1, 0.15) is 5.75 Å². The van der Waals surface area contributed by atoms with Gasteiger partial charge in [0, 0.05) is 26.2 Å². The van der Waals surface area contributed by atoms with Crippen LogP contribution in [0.15, 0.2) is 24.3 Å². The highest BCUT2D eigenvalue weighted by molar-refractivity contribution is 6.35. The third-order valence-electron chi connectivity index (χ3n) is 3.83. The molecule has 1 aromatic carbocycles. The van der Waals surface area contributed by atoms with Crippen LogP contribution in [0.3, 0.4) is 0 Å². The molecule has 1 aliphatic rings. The minimum absolute atomic E-state index is 0.289. The second-order valence-corrected chi connectivity index (χ2v) is 5.60. The lowest BCUT2D eigenvalue weighted by Gasteiger charge is -2.26. The van der Waals surface area contributed by atoms with Gasteiger partial charge in [-0.15, -0.1) is 0 Å². The van der Waals surface area contributed by atoms with Crippen molar-refractivity contribution in [1.29, 1.82) is 0 Å². The number of ether oxygens (including phenoxy) is 2. The standard InChI is InChI=1S/C17H25N3O4/c1-23-15-5-2-4-14(12-15)13-19-17(22)16(21)18-6-3-7-20-8-10-24-11-9-20/h2,4-5,12H,3,6-11,13H2,1H3,(H,18,21)(H,19,22). The first-order valence-corrected chi connectivity index (χ1v) is 8.18. The van der Waals surface area contributed by atoms with Crippen molar-refractivity contribution in [3.63, 3.8) is 0 Å². The molecule has 0 aromatic heterocycles. The van der Waals surface area contributed by atoms with Crippen LogP contribution in [0.4, 0.5) is 0 Å². The Morgan fingerprint density at radius 1 is 1.21 bits per heavy atom. The summed E-state index contributed by atoms with van der Waals surface area (Å²) in [5, 5.41) is 5.25. The Morgan fingerprint density at radius 3 is 2.71 bits per heavy atom. The van der Waals surface area contributed by atoms with Gasteiger partial charge in [0.25, 0.3) is 0 Å². The summed E-state index contributed by atoms with van der Waals surface area (Å²) >= 11 is 0. The van der Waals surface area contributed by atoms with Crippen molar-refractivity contribution < 1.29 is 19.1 Å². The van der Waals surface area contributed by atoms with Crippen molar-refractivity contribution >= 4 is 11.8 Å². The number of benzene rings is 1. The van der Waals surface area contributed by atoms with Crippen LogP contribution in [-0.2, 0) is 20.9 Å². The molecule has 2 rings (SSSR count). The van der Waals surface area contributed by atoms with Crippen LogP contribution in [0.25, 0.3) is 0 Å². The SMILES string of the molecule is COc1cccc(CNC(=O)C(=O)NCCCN2CCOCC2)c1. The van der Waals surface area contributed by atoms with Crippen LogP contribution in [0.1, 0.15) is 12.0 Å². The molecule has 2 amide bonds. The number of rotatable bonds is 7. The van der Waals surface area contributed by atoms with E-state index in [-0.39, 0.29) is 6.54 Å². The summed E-state index contributed by atoms with van der Waals surface area (Å²) in [5.74, 6) is -0.502. The molecule has 1 saturated heterocycles. The van der Waals surface area contributed by atoms with Gasteiger partial charge in [-0.3, -0.25) is 14.5 Å². The fourth-order valence-corrected chi connectivity index (χ4v) is 2.45. The lowest BCUT2D eigenvalue weighted by atomic mass is 10.2. The maximum atomic E-state index is 11.8. The smallest absolute Gasteiger partial charge is 0.309 e. The topological polar surface area (TPSA) is 79.9 Å². The molecular weight excluding hydrogens is 310 g/mol. The van der Waals surface area contributed by atoms with Crippen molar-refractivity contribution in [2.75, 3.05) is 46.5 Å². The molecule has 0 aliphatic carbocycles. The maximum Gasteiger partial charge on any atom is 0.309 e. The van der Waals surface area contributed by atoms with E-state index in [1.807, 2.05) is 24.3 Å². The van der Waals surface area contributed by atoms with Crippen LogP contribution >= 0.6 is 0 Å². The summed E-state index contributed by atoms with van der Waals surface area (Å²) in [6.07, 6.45) is 0.814. The van der Waals surface area contributed by atoms with Crippen molar-refractivity contribution in [2.24, 2.45) is 0 Å². The molecule has 0 radical (unpaired) electrons. The number of carbonyl (C=O) groups is 2. The molecule has 7 nitrogen and oxygen atoms in total. The third kappa shape index (κ3) is 6.17. The van der Waals surface area contributed by atoms with E-state index in [2.05, 4.69) is 15.5 Å². The molecule has 0 bridgehead atoms. The first kappa shape index (κ1) is 18.2. The Morgan fingerprint density at radius 2 is 1.96 bits per heavy atom. The number of nitrogens with one attached hydrogen (secondary N) is 2. The lowest BCUT2D eigenvalue weighted by Crippen LogP contribution is -2.41. The normalized spacial score (nSPS) is 14.9. The summed E-state index contributed by atoms with van der Waals surface area (Å²) in [4.78, 5) is 25.8. The Labute approximate surface area is 142 Å². The molecule has 7 heteroatoms. The van der Waals surface area contributed by atoms with Crippen LogP contribution < -0.4 is 15.4 Å². The molecule has 0 spiro atoms. The average molecular weight is 335 g/mol. The van der Waals surface area contributed by atoms with Gasteiger partial charge in [-0.05, 0) is 30.7 Å². The monoisotopic (exact) mass is 335 g/mol. The Balaban J connectivity index is 1.61. The van der Waals surface area contributed by atoms with Crippen molar-refractivity contribution in [2.45, 2.75) is 13.0 Å². The molecule has 1 aliphatic heterocycles. The summed E-state index contributed by atoms with van der Waals surface area (Å²) in [5.41, 5.74) is 0.878. The minimum atomic E-state index is -0.621. The molecule has 1 aromatic rings. The largest absolute Gasteiger partial charge is 0.497 e. The summed E-state index contributed by atoms with van der Waals surface area (Å²) in [6, 6.07) is 7.35. The predicted octanol–water partition coefficient (Wildman–Crippen LogP) is 0.150. The van der Waals surface area contributed by atoms with Crippen molar-refractivity contribution in [3.05, 3.63) is 29.8 Å². The number of nitrogens with zero attached hydrogens (tertiary/aromatic N) is 1. The fraction of sp³-hybridized carbons (Fsp3) is 0.529.